The van der Waals surface area contributed by atoms with E-state index in [1.807, 2.05) is 0 Å². The summed E-state index contributed by atoms with van der Waals surface area (Å²) in [6.45, 7) is 0.0801. The molecule has 3 N–H and O–H groups in total. The summed E-state index contributed by atoms with van der Waals surface area (Å²) in [4.78, 5) is 26.3. The van der Waals surface area contributed by atoms with E-state index in [-0.39, 0.29) is 18.9 Å². The molecule has 0 unspecified atom stereocenters. The second-order valence-electron chi connectivity index (χ2n) is 3.80. The van der Waals surface area contributed by atoms with E-state index in [1.54, 1.807) is 36.7 Å². The van der Waals surface area contributed by atoms with Crippen LogP contribution >= 0.6 is 11.8 Å². The lowest BCUT2D eigenvalue weighted by atomic mass is 10.2. The van der Waals surface area contributed by atoms with Crippen LogP contribution < -0.4 is 10.6 Å². The Morgan fingerprint density at radius 2 is 2.05 bits per heavy atom. The Labute approximate surface area is 126 Å². The molecule has 0 aliphatic carbocycles. The molecule has 0 aliphatic heterocycles. The number of hydrogen-bond donors (Lipinski definition) is 3. The van der Waals surface area contributed by atoms with Crippen molar-refractivity contribution in [1.82, 2.24) is 10.6 Å². The van der Waals surface area contributed by atoms with Gasteiger partial charge in [0.15, 0.2) is 11.4 Å². The van der Waals surface area contributed by atoms with Crippen LogP contribution in [0.5, 0.6) is 0 Å². The summed E-state index contributed by atoms with van der Waals surface area (Å²) in [6.07, 6.45) is 3.45. The van der Waals surface area contributed by atoms with Crippen LogP contribution in [0.1, 0.15) is 16.8 Å². The highest BCUT2D eigenvalue weighted by Gasteiger charge is 2.06. The molecule has 7 nitrogen and oxygen atoms in total. The largest absolute Gasteiger partial charge is 0.481 e. The fraction of sp³-hybridized carbons (Fsp3) is 0.231. The lowest BCUT2D eigenvalue weighted by Crippen LogP contribution is -2.25. The van der Waals surface area contributed by atoms with Crippen molar-refractivity contribution in [2.75, 3.05) is 12.8 Å². The molecule has 0 atom stereocenters. The van der Waals surface area contributed by atoms with Gasteiger partial charge in [0, 0.05) is 12.1 Å². The summed E-state index contributed by atoms with van der Waals surface area (Å²) >= 11 is 1.30. The number of carboxylic acids is 1. The van der Waals surface area contributed by atoms with Crippen LogP contribution in [0.15, 0.2) is 29.3 Å². The molecule has 0 fully saturated rings. The standard InChI is InChI=1S/C13H14N4O3S/c1-21-13(16-8-14)17-10-4-2-9(3-5-10)12(20)15-7-6-11(18)19/h2-5H,6-7H2,1H3,(H,15,20)(H,16,17)(H,18,19). The Morgan fingerprint density at radius 1 is 1.38 bits per heavy atom. The van der Waals surface area contributed by atoms with Gasteiger partial charge in [-0.25, -0.2) is 4.99 Å². The molecule has 1 aromatic rings. The van der Waals surface area contributed by atoms with Crippen molar-refractivity contribution in [3.63, 3.8) is 0 Å². The number of amidine groups is 1. The van der Waals surface area contributed by atoms with Crippen LogP contribution in [-0.2, 0) is 4.79 Å². The lowest BCUT2D eigenvalue weighted by Gasteiger charge is -2.04. The van der Waals surface area contributed by atoms with E-state index in [0.717, 1.165) is 0 Å². The Kier molecular flexibility index (Phi) is 6.77. The lowest BCUT2D eigenvalue weighted by molar-refractivity contribution is -0.136. The minimum Gasteiger partial charge on any atom is -0.481 e. The quantitative estimate of drug-likeness (QED) is 0.327. The first kappa shape index (κ1) is 16.5. The Morgan fingerprint density at radius 3 is 2.57 bits per heavy atom. The zero-order valence-corrected chi connectivity index (χ0v) is 12.1. The SMILES string of the molecule is CSC(=Nc1ccc(C(=O)NCCC(=O)O)cc1)NC#N. The minimum atomic E-state index is -0.963. The topological polar surface area (TPSA) is 115 Å². The van der Waals surface area contributed by atoms with Gasteiger partial charge < -0.3 is 10.4 Å². The van der Waals surface area contributed by atoms with Crippen molar-refractivity contribution in [2.24, 2.45) is 4.99 Å². The van der Waals surface area contributed by atoms with Crippen LogP contribution in [0.2, 0.25) is 0 Å². The maximum Gasteiger partial charge on any atom is 0.305 e. The van der Waals surface area contributed by atoms with Gasteiger partial charge in [-0.3, -0.25) is 14.9 Å². The number of aliphatic carboxylic acids is 1. The number of carboxylic acid groups (broad SMARTS) is 1. The normalized spacial score (nSPS) is 10.6. The van der Waals surface area contributed by atoms with Gasteiger partial charge in [0.25, 0.3) is 5.91 Å². The average molecular weight is 306 g/mol. The number of carbonyl (C=O) groups is 2. The number of carbonyl (C=O) groups excluding carboxylic acids is 1. The third-order valence-corrected chi connectivity index (χ3v) is 2.92. The first-order valence-electron chi connectivity index (χ1n) is 5.94. The third-order valence-electron chi connectivity index (χ3n) is 2.34. The molecule has 0 heterocycles. The third kappa shape index (κ3) is 5.97. The number of aliphatic imine (C=N–C) groups is 1. The van der Waals surface area contributed by atoms with Gasteiger partial charge in [-0.05, 0) is 30.5 Å². The van der Waals surface area contributed by atoms with Crippen molar-refractivity contribution < 1.29 is 14.7 Å². The van der Waals surface area contributed by atoms with E-state index in [4.69, 9.17) is 10.4 Å². The van der Waals surface area contributed by atoms with E-state index in [0.29, 0.717) is 16.4 Å². The number of nitrogens with zero attached hydrogens (tertiary/aromatic N) is 2. The summed E-state index contributed by atoms with van der Waals surface area (Å²) in [5, 5.41) is 22.4. The maximum atomic E-state index is 11.7. The van der Waals surface area contributed by atoms with Crippen LogP contribution in [0.3, 0.4) is 0 Å². The van der Waals surface area contributed by atoms with Crippen LogP contribution in [0.25, 0.3) is 0 Å². The highest BCUT2D eigenvalue weighted by Crippen LogP contribution is 2.15. The molecule has 0 saturated carbocycles. The van der Waals surface area contributed by atoms with Gasteiger partial charge in [-0.1, -0.05) is 11.8 Å². The molecule has 0 aromatic heterocycles. The van der Waals surface area contributed by atoms with Gasteiger partial charge in [0.05, 0.1) is 12.1 Å². The number of thioether (sulfide) groups is 1. The van der Waals surface area contributed by atoms with Crippen molar-refractivity contribution in [3.05, 3.63) is 29.8 Å². The molecule has 21 heavy (non-hydrogen) atoms. The first-order valence-corrected chi connectivity index (χ1v) is 7.17. The van der Waals surface area contributed by atoms with Crippen molar-refractivity contribution in [2.45, 2.75) is 6.42 Å². The number of nitrogens with one attached hydrogen (secondary N) is 2. The van der Waals surface area contributed by atoms with E-state index in [2.05, 4.69) is 15.6 Å². The average Bonchev–Trinajstić information content (AvgIpc) is 2.47. The van der Waals surface area contributed by atoms with Crippen LogP contribution in [0.4, 0.5) is 5.69 Å². The molecule has 0 aliphatic rings. The van der Waals surface area contributed by atoms with Gasteiger partial charge in [-0.15, -0.1) is 0 Å². The fourth-order valence-corrected chi connectivity index (χ4v) is 1.71. The number of hydrogen-bond acceptors (Lipinski definition) is 5. The van der Waals surface area contributed by atoms with E-state index >= 15 is 0 Å². The van der Waals surface area contributed by atoms with Crippen molar-refractivity contribution >= 4 is 34.5 Å². The molecule has 0 bridgehead atoms. The monoisotopic (exact) mass is 306 g/mol. The van der Waals surface area contributed by atoms with Gasteiger partial charge in [-0.2, -0.15) is 5.26 Å². The summed E-state index contributed by atoms with van der Waals surface area (Å²) in [5.74, 6) is -1.30. The fourth-order valence-electron chi connectivity index (χ4n) is 1.36. The zero-order chi connectivity index (χ0) is 15.7. The molecule has 0 saturated heterocycles. The second kappa shape index (κ2) is 8.60. The van der Waals surface area contributed by atoms with E-state index in [9.17, 15) is 9.59 Å². The van der Waals surface area contributed by atoms with Crippen molar-refractivity contribution in [3.8, 4) is 6.19 Å². The smallest absolute Gasteiger partial charge is 0.305 e. The molecule has 8 heteroatoms. The molecule has 110 valence electrons. The molecule has 1 amide bonds. The van der Waals surface area contributed by atoms with Crippen LogP contribution in [0, 0.1) is 11.5 Å². The van der Waals surface area contributed by atoms with Gasteiger partial charge >= 0.3 is 5.97 Å². The van der Waals surface area contributed by atoms with E-state index < -0.39 is 5.97 Å². The molecule has 1 aromatic carbocycles. The predicted molar refractivity (Wildman–Crippen MR) is 80.4 cm³/mol. The number of nitriles is 1. The number of amides is 1. The maximum absolute atomic E-state index is 11.7. The highest BCUT2D eigenvalue weighted by atomic mass is 32.2. The Bertz CT molecular complexity index is 578. The van der Waals surface area contributed by atoms with E-state index in [1.165, 1.54) is 11.8 Å². The molecule has 0 radical (unpaired) electrons. The summed E-state index contributed by atoms with van der Waals surface area (Å²) in [6, 6.07) is 6.45. The molecule has 1 rings (SSSR count). The number of rotatable bonds is 5. The van der Waals surface area contributed by atoms with Gasteiger partial charge in [0.2, 0.25) is 0 Å². The predicted octanol–water partition coefficient (Wildman–Crippen LogP) is 1.31. The van der Waals surface area contributed by atoms with Gasteiger partial charge in [0.1, 0.15) is 0 Å². The number of benzene rings is 1. The Balaban J connectivity index is 2.67. The van der Waals surface area contributed by atoms with Crippen LogP contribution in [-0.4, -0.2) is 35.0 Å². The second-order valence-corrected chi connectivity index (χ2v) is 4.60. The van der Waals surface area contributed by atoms with Crippen molar-refractivity contribution in [1.29, 1.82) is 5.26 Å². The molecular formula is C13H14N4O3S. The minimum absolute atomic E-state index is 0.0801. The summed E-state index contributed by atoms with van der Waals surface area (Å²) in [5.41, 5.74) is 1.02. The summed E-state index contributed by atoms with van der Waals surface area (Å²) < 4.78 is 0. The molecular weight excluding hydrogens is 292 g/mol. The highest BCUT2D eigenvalue weighted by molar-refractivity contribution is 8.13. The Hall–Kier alpha value is -2.53. The summed E-state index contributed by atoms with van der Waals surface area (Å²) in [7, 11) is 0. The zero-order valence-electron chi connectivity index (χ0n) is 11.3. The first-order chi connectivity index (χ1) is 10.1. The molecule has 0 spiro atoms.